The SMILES string of the molecule is CC(CN(C)C(=O)NC(C)c1ccsc1)C(=O)O. The second-order valence-corrected chi connectivity index (χ2v) is 5.13. The van der Waals surface area contributed by atoms with Crippen LogP contribution in [0.25, 0.3) is 0 Å². The van der Waals surface area contributed by atoms with Gasteiger partial charge >= 0.3 is 12.0 Å². The number of carboxylic acids is 1. The maximum atomic E-state index is 11.8. The fourth-order valence-corrected chi connectivity index (χ4v) is 2.23. The molecule has 2 unspecified atom stereocenters. The minimum Gasteiger partial charge on any atom is -0.481 e. The molecule has 0 saturated carbocycles. The zero-order valence-corrected chi connectivity index (χ0v) is 11.5. The van der Waals surface area contributed by atoms with E-state index in [0.29, 0.717) is 0 Å². The second-order valence-electron chi connectivity index (χ2n) is 4.35. The van der Waals surface area contributed by atoms with E-state index in [9.17, 15) is 9.59 Å². The number of amides is 2. The highest BCUT2D eigenvalue weighted by atomic mass is 32.1. The van der Waals surface area contributed by atoms with Crippen LogP contribution in [0.4, 0.5) is 4.79 Å². The van der Waals surface area contributed by atoms with Gasteiger partial charge in [-0.15, -0.1) is 0 Å². The minimum absolute atomic E-state index is 0.0775. The summed E-state index contributed by atoms with van der Waals surface area (Å²) in [5.74, 6) is -1.47. The Hall–Kier alpha value is -1.56. The van der Waals surface area contributed by atoms with E-state index >= 15 is 0 Å². The number of thiophene rings is 1. The molecule has 2 atom stereocenters. The molecular formula is C12H18N2O3S. The van der Waals surface area contributed by atoms with Crippen LogP contribution >= 0.6 is 11.3 Å². The lowest BCUT2D eigenvalue weighted by molar-refractivity contribution is -0.141. The normalized spacial score (nSPS) is 13.7. The molecule has 1 rings (SSSR count). The number of nitrogens with zero attached hydrogens (tertiary/aromatic N) is 1. The average Bonchev–Trinajstić information content (AvgIpc) is 2.81. The van der Waals surface area contributed by atoms with Crippen molar-refractivity contribution in [2.45, 2.75) is 19.9 Å². The third-order valence-electron chi connectivity index (χ3n) is 2.70. The number of hydrogen-bond acceptors (Lipinski definition) is 3. The summed E-state index contributed by atoms with van der Waals surface area (Å²) in [5.41, 5.74) is 1.05. The number of carbonyl (C=O) groups excluding carboxylic acids is 1. The fourth-order valence-electron chi connectivity index (χ4n) is 1.47. The standard InChI is InChI=1S/C12H18N2O3S/c1-8(11(15)16)6-14(3)12(17)13-9(2)10-4-5-18-7-10/h4-5,7-9H,6H2,1-3H3,(H,13,17)(H,15,16). The highest BCUT2D eigenvalue weighted by Gasteiger charge is 2.18. The topological polar surface area (TPSA) is 69.6 Å². The molecule has 0 aliphatic carbocycles. The van der Waals surface area contributed by atoms with Crippen LogP contribution in [-0.2, 0) is 4.79 Å². The number of urea groups is 1. The molecule has 0 spiro atoms. The van der Waals surface area contributed by atoms with Crippen molar-refractivity contribution in [2.75, 3.05) is 13.6 Å². The zero-order chi connectivity index (χ0) is 13.7. The van der Waals surface area contributed by atoms with Crippen LogP contribution in [0.1, 0.15) is 25.5 Å². The van der Waals surface area contributed by atoms with E-state index < -0.39 is 11.9 Å². The summed E-state index contributed by atoms with van der Waals surface area (Å²) in [6, 6.07) is 1.61. The molecule has 1 aromatic heterocycles. The van der Waals surface area contributed by atoms with E-state index in [1.165, 1.54) is 4.90 Å². The lowest BCUT2D eigenvalue weighted by Gasteiger charge is -2.22. The monoisotopic (exact) mass is 270 g/mol. The van der Waals surface area contributed by atoms with E-state index in [-0.39, 0.29) is 18.6 Å². The molecule has 0 aliphatic heterocycles. The van der Waals surface area contributed by atoms with Gasteiger partial charge in [0.1, 0.15) is 0 Å². The Kier molecular flexibility index (Phi) is 5.15. The molecule has 5 nitrogen and oxygen atoms in total. The van der Waals surface area contributed by atoms with Gasteiger partial charge in [0.05, 0.1) is 12.0 Å². The summed E-state index contributed by atoms with van der Waals surface area (Å²) < 4.78 is 0. The van der Waals surface area contributed by atoms with Crippen LogP contribution in [0.2, 0.25) is 0 Å². The molecule has 0 radical (unpaired) electrons. The Bertz CT molecular complexity index is 405. The van der Waals surface area contributed by atoms with Crippen molar-refractivity contribution in [2.24, 2.45) is 5.92 Å². The van der Waals surface area contributed by atoms with Gasteiger partial charge in [-0.2, -0.15) is 11.3 Å². The fraction of sp³-hybridized carbons (Fsp3) is 0.500. The highest BCUT2D eigenvalue weighted by Crippen LogP contribution is 2.15. The summed E-state index contributed by atoms with van der Waals surface area (Å²) in [4.78, 5) is 23.9. The predicted molar refractivity (Wildman–Crippen MR) is 70.7 cm³/mol. The molecule has 18 heavy (non-hydrogen) atoms. The van der Waals surface area contributed by atoms with Crippen LogP contribution in [0, 0.1) is 5.92 Å². The molecule has 0 bridgehead atoms. The first-order valence-corrected chi connectivity index (χ1v) is 6.62. The maximum absolute atomic E-state index is 11.8. The van der Waals surface area contributed by atoms with Gasteiger partial charge in [0.25, 0.3) is 0 Å². The Morgan fingerprint density at radius 1 is 1.50 bits per heavy atom. The van der Waals surface area contributed by atoms with Crippen molar-refractivity contribution in [1.82, 2.24) is 10.2 Å². The second kappa shape index (κ2) is 6.39. The summed E-state index contributed by atoms with van der Waals surface area (Å²) in [6.45, 7) is 3.67. The molecule has 1 heterocycles. The summed E-state index contributed by atoms with van der Waals surface area (Å²) in [6.07, 6.45) is 0. The molecule has 0 fully saturated rings. The maximum Gasteiger partial charge on any atom is 0.317 e. The zero-order valence-electron chi connectivity index (χ0n) is 10.7. The van der Waals surface area contributed by atoms with E-state index in [1.54, 1.807) is 25.3 Å². The Labute approximate surface area is 110 Å². The Morgan fingerprint density at radius 3 is 2.67 bits per heavy atom. The van der Waals surface area contributed by atoms with E-state index in [0.717, 1.165) is 5.56 Å². The van der Waals surface area contributed by atoms with Crippen LogP contribution in [0.3, 0.4) is 0 Å². The van der Waals surface area contributed by atoms with Gasteiger partial charge in [0.15, 0.2) is 0 Å². The van der Waals surface area contributed by atoms with Crippen molar-refractivity contribution >= 4 is 23.3 Å². The molecular weight excluding hydrogens is 252 g/mol. The summed E-state index contributed by atoms with van der Waals surface area (Å²) in [7, 11) is 1.59. The van der Waals surface area contributed by atoms with Gasteiger partial charge in [-0.25, -0.2) is 4.79 Å². The van der Waals surface area contributed by atoms with Gasteiger partial charge < -0.3 is 15.3 Å². The van der Waals surface area contributed by atoms with Gasteiger partial charge in [-0.3, -0.25) is 4.79 Å². The molecule has 0 aliphatic rings. The summed E-state index contributed by atoms with van der Waals surface area (Å²) in [5, 5.41) is 15.5. The van der Waals surface area contributed by atoms with Crippen LogP contribution < -0.4 is 5.32 Å². The van der Waals surface area contributed by atoms with Crippen molar-refractivity contribution < 1.29 is 14.7 Å². The molecule has 100 valence electrons. The lowest BCUT2D eigenvalue weighted by atomic mass is 10.2. The molecule has 0 aromatic carbocycles. The highest BCUT2D eigenvalue weighted by molar-refractivity contribution is 7.07. The van der Waals surface area contributed by atoms with Gasteiger partial charge in [0, 0.05) is 13.6 Å². The van der Waals surface area contributed by atoms with Gasteiger partial charge in [-0.05, 0) is 29.3 Å². The number of carboxylic acid groups (broad SMARTS) is 1. The predicted octanol–water partition coefficient (Wildman–Crippen LogP) is 2.17. The first-order chi connectivity index (χ1) is 8.41. The first-order valence-electron chi connectivity index (χ1n) is 5.68. The third kappa shape index (κ3) is 4.03. The van der Waals surface area contributed by atoms with E-state index in [4.69, 9.17) is 5.11 Å². The van der Waals surface area contributed by atoms with Crippen molar-refractivity contribution in [3.8, 4) is 0 Å². The lowest BCUT2D eigenvalue weighted by Crippen LogP contribution is -2.41. The molecule has 0 saturated heterocycles. The largest absolute Gasteiger partial charge is 0.481 e. The number of carbonyl (C=O) groups is 2. The molecule has 2 N–H and O–H groups in total. The minimum atomic E-state index is -0.902. The van der Waals surface area contributed by atoms with Crippen LogP contribution in [0.5, 0.6) is 0 Å². The molecule has 1 aromatic rings. The van der Waals surface area contributed by atoms with Crippen molar-refractivity contribution in [3.05, 3.63) is 22.4 Å². The first kappa shape index (κ1) is 14.5. The van der Waals surface area contributed by atoms with Crippen LogP contribution in [0.15, 0.2) is 16.8 Å². The average molecular weight is 270 g/mol. The molecule has 6 heteroatoms. The van der Waals surface area contributed by atoms with E-state index in [2.05, 4.69) is 5.32 Å². The summed E-state index contributed by atoms with van der Waals surface area (Å²) >= 11 is 1.58. The number of nitrogens with one attached hydrogen (secondary N) is 1. The Balaban J connectivity index is 2.47. The number of aliphatic carboxylic acids is 1. The van der Waals surface area contributed by atoms with Gasteiger partial charge in [-0.1, -0.05) is 6.92 Å². The van der Waals surface area contributed by atoms with Crippen molar-refractivity contribution in [3.63, 3.8) is 0 Å². The number of hydrogen-bond donors (Lipinski definition) is 2. The van der Waals surface area contributed by atoms with Crippen molar-refractivity contribution in [1.29, 1.82) is 0 Å². The van der Waals surface area contributed by atoms with Gasteiger partial charge in [0.2, 0.25) is 0 Å². The van der Waals surface area contributed by atoms with Crippen LogP contribution in [-0.4, -0.2) is 35.6 Å². The quantitative estimate of drug-likeness (QED) is 0.861. The number of rotatable bonds is 5. The molecule has 2 amide bonds. The Morgan fingerprint density at radius 2 is 2.17 bits per heavy atom. The van der Waals surface area contributed by atoms with E-state index in [1.807, 2.05) is 23.8 Å². The third-order valence-corrected chi connectivity index (χ3v) is 3.40. The smallest absolute Gasteiger partial charge is 0.317 e.